The van der Waals surface area contributed by atoms with Gasteiger partial charge in [0.2, 0.25) is 0 Å². The van der Waals surface area contributed by atoms with Crippen LogP contribution in [0.4, 0.5) is 5.13 Å². The molecule has 4 heteroatoms. The maximum atomic E-state index is 5.70. The predicted octanol–water partition coefficient (Wildman–Crippen LogP) is 5.84. The third kappa shape index (κ3) is 4.41. The molecule has 0 spiro atoms. The van der Waals surface area contributed by atoms with Gasteiger partial charge in [0.15, 0.2) is 5.13 Å². The van der Waals surface area contributed by atoms with E-state index < -0.39 is 0 Å². The topological polar surface area (TPSA) is 38.9 Å². The number of anilines is 1. The van der Waals surface area contributed by atoms with E-state index in [-0.39, 0.29) is 0 Å². The van der Waals surface area contributed by atoms with Gasteiger partial charge in [0.25, 0.3) is 0 Å². The van der Waals surface area contributed by atoms with Crippen LogP contribution < -0.4 is 5.73 Å². The van der Waals surface area contributed by atoms with E-state index in [1.54, 1.807) is 11.3 Å². The van der Waals surface area contributed by atoms with Gasteiger partial charge >= 0.3 is 0 Å². The van der Waals surface area contributed by atoms with E-state index in [1.165, 1.54) is 33.1 Å². The first kappa shape index (κ1) is 15.7. The van der Waals surface area contributed by atoms with Crippen molar-refractivity contribution in [1.82, 2.24) is 4.98 Å². The number of fused-ring (bicyclic) bond motifs is 1. The van der Waals surface area contributed by atoms with Gasteiger partial charge in [-0.15, -0.1) is 11.3 Å². The summed E-state index contributed by atoms with van der Waals surface area (Å²) in [7, 11) is 0. The number of rotatable bonds is 2. The third-order valence-electron chi connectivity index (χ3n) is 2.63. The van der Waals surface area contributed by atoms with E-state index in [9.17, 15) is 0 Å². The van der Waals surface area contributed by atoms with Crippen molar-refractivity contribution < 1.29 is 0 Å². The monoisotopic (exact) mass is 316 g/mol. The van der Waals surface area contributed by atoms with Crippen molar-refractivity contribution in [1.29, 1.82) is 0 Å². The second kappa shape index (κ2) is 7.38. The second-order valence-electron chi connectivity index (χ2n) is 4.77. The number of thiophene rings is 1. The van der Waals surface area contributed by atoms with Gasteiger partial charge in [-0.25, -0.2) is 4.98 Å². The zero-order chi connectivity index (χ0) is 15.2. The van der Waals surface area contributed by atoms with Crippen molar-refractivity contribution in [3.63, 3.8) is 0 Å². The van der Waals surface area contributed by atoms with Crippen LogP contribution >= 0.6 is 22.7 Å². The normalized spacial score (nSPS) is 10.8. The number of nitrogens with two attached hydrogens (primary N) is 1. The molecule has 3 rings (SSSR count). The number of nitrogen functional groups attached to an aromatic ring is 1. The minimum atomic E-state index is 0.625. The third-order valence-corrected chi connectivity index (χ3v) is 4.44. The number of hydrogen-bond donors (Lipinski definition) is 1. The van der Waals surface area contributed by atoms with Crippen LogP contribution in [0.2, 0.25) is 0 Å². The molecule has 0 radical (unpaired) electrons. The SMILES string of the molecule is CCC.Cc1ccc(/C=C/c2ccc3nc(N)sc3c2)s1. The Morgan fingerprint density at radius 1 is 1.10 bits per heavy atom. The summed E-state index contributed by atoms with van der Waals surface area (Å²) in [5.41, 5.74) is 7.85. The molecule has 0 saturated carbocycles. The molecule has 0 atom stereocenters. The molecule has 0 bridgehead atoms. The molecule has 3 aromatic rings. The fourth-order valence-electron chi connectivity index (χ4n) is 1.78. The number of hydrogen-bond acceptors (Lipinski definition) is 4. The molecule has 0 saturated heterocycles. The lowest BCUT2D eigenvalue weighted by atomic mass is 10.2. The average Bonchev–Trinajstić information content (AvgIpc) is 3.01. The molecule has 0 aliphatic heterocycles. The van der Waals surface area contributed by atoms with Crippen LogP contribution in [0, 0.1) is 6.92 Å². The van der Waals surface area contributed by atoms with Gasteiger partial charge in [-0.05, 0) is 42.8 Å². The summed E-state index contributed by atoms with van der Waals surface area (Å²) in [6, 6.07) is 10.5. The van der Waals surface area contributed by atoms with E-state index in [1.807, 2.05) is 6.07 Å². The Hall–Kier alpha value is -1.65. The molecule has 2 aromatic heterocycles. The fourth-order valence-corrected chi connectivity index (χ4v) is 3.35. The smallest absolute Gasteiger partial charge is 0.181 e. The molecule has 0 fully saturated rings. The minimum Gasteiger partial charge on any atom is -0.375 e. The van der Waals surface area contributed by atoms with Crippen LogP contribution in [0.1, 0.15) is 35.6 Å². The number of thiazole rings is 1. The predicted molar refractivity (Wildman–Crippen MR) is 98.0 cm³/mol. The Bertz CT molecular complexity index is 738. The van der Waals surface area contributed by atoms with Crippen molar-refractivity contribution in [2.24, 2.45) is 0 Å². The summed E-state index contributed by atoms with van der Waals surface area (Å²) in [4.78, 5) is 6.86. The Balaban J connectivity index is 0.000000497. The van der Waals surface area contributed by atoms with Gasteiger partial charge < -0.3 is 5.73 Å². The first-order chi connectivity index (χ1) is 10.1. The number of aromatic nitrogens is 1. The molecule has 2 N–H and O–H groups in total. The molecule has 2 heterocycles. The zero-order valence-electron chi connectivity index (χ0n) is 12.6. The van der Waals surface area contributed by atoms with Crippen molar-refractivity contribution in [3.8, 4) is 0 Å². The largest absolute Gasteiger partial charge is 0.375 e. The Morgan fingerprint density at radius 2 is 1.86 bits per heavy atom. The Labute approximate surface area is 134 Å². The van der Waals surface area contributed by atoms with Gasteiger partial charge in [0.05, 0.1) is 10.2 Å². The van der Waals surface area contributed by atoms with Crippen LogP contribution in [0.15, 0.2) is 30.3 Å². The molecular formula is C17H20N2S2. The zero-order valence-corrected chi connectivity index (χ0v) is 14.2. The van der Waals surface area contributed by atoms with E-state index in [4.69, 9.17) is 5.73 Å². The van der Waals surface area contributed by atoms with Gasteiger partial charge in [-0.2, -0.15) is 0 Å². The quantitative estimate of drug-likeness (QED) is 0.645. The standard InChI is InChI=1S/C14H12N2S2.C3H8/c1-9-2-5-11(17-9)6-3-10-4-7-12-13(8-10)18-14(15)16-12;1-3-2/h2-8H,1H3,(H2,15,16);3H2,1-2H3/b6-3+;. The number of benzene rings is 1. The van der Waals surface area contributed by atoms with Crippen molar-refractivity contribution in [2.45, 2.75) is 27.2 Å². The first-order valence-corrected chi connectivity index (χ1v) is 8.66. The van der Waals surface area contributed by atoms with Crippen molar-refractivity contribution in [2.75, 3.05) is 5.73 Å². The van der Waals surface area contributed by atoms with Crippen molar-refractivity contribution >= 4 is 50.2 Å². The lowest BCUT2D eigenvalue weighted by Crippen LogP contribution is -1.78. The summed E-state index contributed by atoms with van der Waals surface area (Å²) in [5.74, 6) is 0. The fraction of sp³-hybridized carbons (Fsp3) is 0.235. The molecule has 0 unspecified atom stereocenters. The van der Waals surface area contributed by atoms with Gasteiger partial charge in [0.1, 0.15) is 0 Å². The number of aryl methyl sites for hydroxylation is 1. The van der Waals surface area contributed by atoms with Crippen LogP contribution in [-0.2, 0) is 0 Å². The van der Waals surface area contributed by atoms with Crippen LogP contribution in [-0.4, -0.2) is 4.98 Å². The maximum Gasteiger partial charge on any atom is 0.181 e. The molecule has 110 valence electrons. The highest BCUT2D eigenvalue weighted by molar-refractivity contribution is 7.22. The van der Waals surface area contributed by atoms with Crippen LogP contribution in [0.5, 0.6) is 0 Å². The minimum absolute atomic E-state index is 0.625. The first-order valence-electron chi connectivity index (χ1n) is 7.03. The molecule has 0 aliphatic rings. The average molecular weight is 316 g/mol. The van der Waals surface area contributed by atoms with Crippen LogP contribution in [0.25, 0.3) is 22.4 Å². The van der Waals surface area contributed by atoms with Gasteiger partial charge in [-0.1, -0.05) is 43.7 Å². The van der Waals surface area contributed by atoms with E-state index in [0.29, 0.717) is 5.13 Å². The lowest BCUT2D eigenvalue weighted by Gasteiger charge is -1.92. The van der Waals surface area contributed by atoms with E-state index >= 15 is 0 Å². The molecule has 21 heavy (non-hydrogen) atoms. The summed E-state index contributed by atoms with van der Waals surface area (Å²) in [6.45, 7) is 6.37. The maximum absolute atomic E-state index is 5.70. The highest BCUT2D eigenvalue weighted by Crippen LogP contribution is 2.25. The lowest BCUT2D eigenvalue weighted by molar-refractivity contribution is 1.09. The molecular weight excluding hydrogens is 296 g/mol. The summed E-state index contributed by atoms with van der Waals surface area (Å²) in [6.07, 6.45) is 5.52. The summed E-state index contributed by atoms with van der Waals surface area (Å²) in [5, 5.41) is 0.625. The Kier molecular flexibility index (Phi) is 5.53. The van der Waals surface area contributed by atoms with Gasteiger partial charge in [0, 0.05) is 9.75 Å². The molecule has 1 aromatic carbocycles. The number of nitrogens with zero attached hydrogens (tertiary/aromatic N) is 1. The second-order valence-corrected chi connectivity index (χ2v) is 7.15. The van der Waals surface area contributed by atoms with Crippen LogP contribution in [0.3, 0.4) is 0 Å². The highest BCUT2D eigenvalue weighted by Gasteiger charge is 2.00. The van der Waals surface area contributed by atoms with Crippen molar-refractivity contribution in [3.05, 3.63) is 45.6 Å². The Morgan fingerprint density at radius 3 is 2.52 bits per heavy atom. The molecule has 2 nitrogen and oxygen atoms in total. The summed E-state index contributed by atoms with van der Waals surface area (Å²) < 4.78 is 1.14. The molecule has 0 aliphatic carbocycles. The summed E-state index contributed by atoms with van der Waals surface area (Å²) >= 11 is 3.33. The highest BCUT2D eigenvalue weighted by atomic mass is 32.1. The van der Waals surface area contributed by atoms with E-state index in [2.05, 4.69) is 62.2 Å². The van der Waals surface area contributed by atoms with E-state index in [0.717, 1.165) is 10.2 Å². The molecule has 0 amide bonds. The van der Waals surface area contributed by atoms with Gasteiger partial charge in [-0.3, -0.25) is 0 Å².